The van der Waals surface area contributed by atoms with E-state index in [1.54, 1.807) is 0 Å². The third kappa shape index (κ3) is 6.40. The maximum atomic E-state index is 2.55. The van der Waals surface area contributed by atoms with Crippen LogP contribution in [-0.4, -0.2) is 0 Å². The van der Waals surface area contributed by atoms with Crippen molar-refractivity contribution in [3.8, 4) is 44.5 Å². The van der Waals surface area contributed by atoms with Crippen LogP contribution >= 0.6 is 0 Å². The van der Waals surface area contributed by atoms with Crippen molar-refractivity contribution in [2.45, 2.75) is 5.41 Å². The van der Waals surface area contributed by atoms with Gasteiger partial charge in [0.25, 0.3) is 0 Å². The maximum absolute atomic E-state index is 2.55. The van der Waals surface area contributed by atoms with Gasteiger partial charge >= 0.3 is 0 Å². The first-order valence-electron chi connectivity index (χ1n) is 26.0. The summed E-state index contributed by atoms with van der Waals surface area (Å²) < 4.78 is 0. The summed E-state index contributed by atoms with van der Waals surface area (Å²) in [6.07, 6.45) is 0. The summed E-state index contributed by atoms with van der Waals surface area (Å²) in [5.41, 5.74) is 21.2. The number of anilines is 6. The van der Waals surface area contributed by atoms with E-state index in [1.165, 1.54) is 99.1 Å². The van der Waals surface area contributed by atoms with E-state index in [4.69, 9.17) is 0 Å². The lowest BCUT2D eigenvalue weighted by Gasteiger charge is -2.34. The van der Waals surface area contributed by atoms with Crippen molar-refractivity contribution in [1.29, 1.82) is 0 Å². The summed E-state index contributed by atoms with van der Waals surface area (Å²) >= 11 is 0. The molecule has 75 heavy (non-hydrogen) atoms. The van der Waals surface area contributed by atoms with Crippen molar-refractivity contribution < 1.29 is 0 Å². The highest BCUT2D eigenvalue weighted by Gasteiger charge is 2.54. The summed E-state index contributed by atoms with van der Waals surface area (Å²) in [5.74, 6) is 0. The van der Waals surface area contributed by atoms with E-state index in [0.29, 0.717) is 0 Å². The molecule has 0 radical (unpaired) electrons. The van der Waals surface area contributed by atoms with Crippen LogP contribution in [0.3, 0.4) is 0 Å². The van der Waals surface area contributed by atoms with Gasteiger partial charge in [-0.3, -0.25) is 0 Å². The fourth-order valence-corrected chi connectivity index (χ4v) is 13.1. The van der Waals surface area contributed by atoms with Crippen LogP contribution in [0.1, 0.15) is 22.3 Å². The van der Waals surface area contributed by atoms with Crippen molar-refractivity contribution in [3.05, 3.63) is 313 Å². The normalized spacial score (nSPS) is 12.6. The molecule has 0 fully saturated rings. The summed E-state index contributed by atoms with van der Waals surface area (Å²) in [6, 6.07) is 108. The molecular formula is C73H48N2. The second kappa shape index (κ2) is 17.2. The molecule has 0 amide bonds. The van der Waals surface area contributed by atoms with Crippen LogP contribution in [-0.2, 0) is 5.41 Å². The average Bonchev–Trinajstić information content (AvgIpc) is 4.18. The van der Waals surface area contributed by atoms with Crippen molar-refractivity contribution in [2.24, 2.45) is 0 Å². The molecule has 1 spiro atoms. The Morgan fingerprint density at radius 3 is 1.24 bits per heavy atom. The minimum Gasteiger partial charge on any atom is -0.310 e. The van der Waals surface area contributed by atoms with Gasteiger partial charge < -0.3 is 9.80 Å². The lowest BCUT2D eigenvalue weighted by molar-refractivity contribution is 0.809. The quantitative estimate of drug-likeness (QED) is 0.140. The molecule has 0 unspecified atom stereocenters. The minimum absolute atomic E-state index is 0.654. The Morgan fingerprint density at radius 1 is 0.227 bits per heavy atom. The van der Waals surface area contributed by atoms with E-state index in [1.807, 2.05) is 0 Å². The molecule has 0 bridgehead atoms. The van der Waals surface area contributed by atoms with E-state index < -0.39 is 5.41 Å². The molecular weight excluding hydrogens is 905 g/mol. The first-order chi connectivity index (χ1) is 37.3. The standard InChI is InChI=1S/C73H48N2/c1-5-25-49(26-6-1)54-33-19-23-43-67(54)74(51-29-9-3-10-30-51)53-45-46-62-63(47-53)56-35-13-15-39-60(56)70-64-48-69(75(52-31-11-4-12-32-52)68-44-24-20-34-55(68)50-27-7-2-8-28-50)59-38-14-16-40-61(59)71(64)73(72(62)70)65-41-21-17-36-57(65)58-37-18-22-42-66(58)73/h1-48H. The predicted molar refractivity (Wildman–Crippen MR) is 315 cm³/mol. The van der Waals surface area contributed by atoms with Crippen LogP contribution < -0.4 is 9.80 Å². The number of hydrogen-bond donors (Lipinski definition) is 0. The smallest absolute Gasteiger partial charge is 0.0737 e. The number of rotatable bonds is 8. The minimum atomic E-state index is -0.654. The predicted octanol–water partition coefficient (Wildman–Crippen LogP) is 19.8. The number of fused-ring (bicyclic) bond motifs is 17. The summed E-state index contributed by atoms with van der Waals surface area (Å²) in [7, 11) is 0. The zero-order chi connectivity index (χ0) is 49.5. The van der Waals surface area contributed by atoms with Crippen LogP contribution in [0.15, 0.2) is 291 Å². The van der Waals surface area contributed by atoms with E-state index >= 15 is 0 Å². The SMILES string of the molecule is c1ccc(-c2ccccc2N(c2ccccc2)c2ccc3c4c(c5ccccc5c3c2)-c2cc(N(c3ccccc3)c3ccccc3-c3ccccc3)c3ccccc3c2C42c3ccccc3-c3ccccc32)cc1. The van der Waals surface area contributed by atoms with Gasteiger partial charge in [-0.1, -0.05) is 237 Å². The fourth-order valence-electron chi connectivity index (χ4n) is 13.1. The van der Waals surface area contributed by atoms with Gasteiger partial charge in [0, 0.05) is 33.6 Å². The molecule has 0 saturated heterocycles. The molecule has 350 valence electrons. The number of hydrogen-bond acceptors (Lipinski definition) is 2. The molecule has 0 saturated carbocycles. The van der Waals surface area contributed by atoms with E-state index in [2.05, 4.69) is 301 Å². The second-order valence-electron chi connectivity index (χ2n) is 19.8. The number of para-hydroxylation sites is 4. The molecule has 2 aliphatic rings. The lowest BCUT2D eigenvalue weighted by atomic mass is 9.68. The van der Waals surface area contributed by atoms with Crippen molar-refractivity contribution in [1.82, 2.24) is 0 Å². The van der Waals surface area contributed by atoms with Gasteiger partial charge in [-0.2, -0.15) is 0 Å². The zero-order valence-corrected chi connectivity index (χ0v) is 41.1. The largest absolute Gasteiger partial charge is 0.310 e. The van der Waals surface area contributed by atoms with Gasteiger partial charge in [-0.05, 0) is 137 Å². The molecule has 0 heterocycles. The third-order valence-corrected chi connectivity index (χ3v) is 16.0. The van der Waals surface area contributed by atoms with E-state index in [0.717, 1.165) is 34.1 Å². The van der Waals surface area contributed by atoms with Gasteiger partial charge in [-0.25, -0.2) is 0 Å². The van der Waals surface area contributed by atoms with Gasteiger partial charge in [-0.15, -0.1) is 0 Å². The summed E-state index contributed by atoms with van der Waals surface area (Å²) in [4.78, 5) is 4.95. The topological polar surface area (TPSA) is 6.48 Å². The number of benzene rings is 13. The van der Waals surface area contributed by atoms with E-state index in [-0.39, 0.29) is 0 Å². The van der Waals surface area contributed by atoms with Gasteiger partial charge in [0.15, 0.2) is 0 Å². The molecule has 0 aromatic heterocycles. The highest BCUT2D eigenvalue weighted by atomic mass is 15.2. The molecule has 2 aliphatic carbocycles. The van der Waals surface area contributed by atoms with Gasteiger partial charge in [0.05, 0.1) is 22.5 Å². The Hall–Kier alpha value is -9.76. The van der Waals surface area contributed by atoms with Crippen LogP contribution in [0.2, 0.25) is 0 Å². The van der Waals surface area contributed by atoms with Crippen LogP contribution in [0.4, 0.5) is 34.1 Å². The highest BCUT2D eigenvalue weighted by Crippen LogP contribution is 2.68. The number of nitrogens with zero attached hydrogens (tertiary/aromatic N) is 2. The van der Waals surface area contributed by atoms with Crippen LogP contribution in [0, 0.1) is 0 Å². The van der Waals surface area contributed by atoms with Gasteiger partial charge in [0.2, 0.25) is 0 Å². The zero-order valence-electron chi connectivity index (χ0n) is 41.1. The molecule has 13 aromatic carbocycles. The summed E-state index contributed by atoms with van der Waals surface area (Å²) in [6.45, 7) is 0. The molecule has 13 aromatic rings. The Morgan fingerprint density at radius 2 is 0.653 bits per heavy atom. The lowest BCUT2D eigenvalue weighted by Crippen LogP contribution is -2.27. The van der Waals surface area contributed by atoms with E-state index in [9.17, 15) is 0 Å². The van der Waals surface area contributed by atoms with Crippen LogP contribution in [0.25, 0.3) is 76.8 Å². The third-order valence-electron chi connectivity index (χ3n) is 16.0. The molecule has 0 N–H and O–H groups in total. The molecule has 0 atom stereocenters. The Balaban J connectivity index is 1.08. The van der Waals surface area contributed by atoms with Gasteiger partial charge in [0.1, 0.15) is 0 Å². The first-order valence-corrected chi connectivity index (χ1v) is 26.0. The summed E-state index contributed by atoms with van der Waals surface area (Å²) in [5, 5.41) is 7.38. The van der Waals surface area contributed by atoms with Crippen LogP contribution in [0.5, 0.6) is 0 Å². The molecule has 15 rings (SSSR count). The highest BCUT2D eigenvalue weighted by molar-refractivity contribution is 6.23. The Kier molecular flexibility index (Phi) is 9.83. The van der Waals surface area contributed by atoms with Crippen molar-refractivity contribution >= 4 is 66.4 Å². The molecule has 2 nitrogen and oxygen atoms in total. The fraction of sp³-hybridized carbons (Fsp3) is 0.0137. The average molecular weight is 953 g/mol. The Bertz CT molecular complexity index is 4310. The van der Waals surface area contributed by atoms with Crippen molar-refractivity contribution in [3.63, 3.8) is 0 Å². The molecule has 0 aliphatic heterocycles. The Labute approximate surface area is 437 Å². The van der Waals surface area contributed by atoms with Crippen molar-refractivity contribution in [2.75, 3.05) is 9.80 Å². The second-order valence-corrected chi connectivity index (χ2v) is 19.8. The monoisotopic (exact) mass is 952 g/mol. The first kappa shape index (κ1) is 42.9. The maximum Gasteiger partial charge on any atom is 0.0737 e. The molecule has 2 heteroatoms.